The van der Waals surface area contributed by atoms with E-state index in [-0.39, 0.29) is 0 Å². The van der Waals surface area contributed by atoms with Crippen LogP contribution in [0, 0.1) is 5.92 Å². The summed E-state index contributed by atoms with van der Waals surface area (Å²) in [7, 11) is 0. The highest BCUT2D eigenvalue weighted by atomic mass is 16.5. The molecule has 1 atom stereocenters. The minimum absolute atomic E-state index is 0.475. The number of nitrogens with one attached hydrogen (secondary N) is 1. The van der Waals surface area contributed by atoms with Gasteiger partial charge in [-0.15, -0.1) is 0 Å². The molecule has 0 saturated carbocycles. The van der Waals surface area contributed by atoms with E-state index >= 15 is 0 Å². The smallest absolute Gasteiger partial charge is 0.0591 e. The number of hydrogen-bond donors (Lipinski definition) is 2. The van der Waals surface area contributed by atoms with Gasteiger partial charge in [0.15, 0.2) is 0 Å². The van der Waals surface area contributed by atoms with Crippen molar-refractivity contribution in [3.63, 3.8) is 0 Å². The van der Waals surface area contributed by atoms with Crippen molar-refractivity contribution in [2.24, 2.45) is 5.92 Å². The minimum atomic E-state index is 0.475. The predicted octanol–water partition coefficient (Wildman–Crippen LogP) is 2.52. The Balaban J connectivity index is 1.76. The summed E-state index contributed by atoms with van der Waals surface area (Å²) in [6.45, 7) is 6.90. The number of benzene rings is 1. The van der Waals surface area contributed by atoms with Crippen LogP contribution in [0.3, 0.4) is 0 Å². The lowest BCUT2D eigenvalue weighted by atomic mass is 10.1. The standard InChI is InChI=1S/C15H24N2O/c1-11(2)10-18-8-7-17-15-6-3-12-9-13(16)4-5-14(12)15/h4-5,9,11,15,17H,3,6-8,10,16H2,1-2H3. The van der Waals surface area contributed by atoms with Gasteiger partial charge in [0, 0.05) is 24.9 Å². The maximum Gasteiger partial charge on any atom is 0.0591 e. The highest BCUT2D eigenvalue weighted by Gasteiger charge is 2.21. The Bertz CT molecular complexity index is 390. The lowest BCUT2D eigenvalue weighted by Crippen LogP contribution is -2.24. The Labute approximate surface area is 110 Å². The monoisotopic (exact) mass is 248 g/mol. The van der Waals surface area contributed by atoms with Crippen LogP contribution in [0.15, 0.2) is 18.2 Å². The molecule has 0 heterocycles. The highest BCUT2D eigenvalue weighted by molar-refractivity contribution is 5.47. The van der Waals surface area contributed by atoms with Crippen LogP contribution in [0.1, 0.15) is 37.4 Å². The second-order valence-electron chi connectivity index (χ2n) is 5.47. The van der Waals surface area contributed by atoms with Crippen LogP contribution in [0.2, 0.25) is 0 Å². The average molecular weight is 248 g/mol. The molecule has 0 spiro atoms. The van der Waals surface area contributed by atoms with Gasteiger partial charge in [-0.2, -0.15) is 0 Å². The number of anilines is 1. The topological polar surface area (TPSA) is 47.3 Å². The Morgan fingerprint density at radius 2 is 2.28 bits per heavy atom. The first-order chi connectivity index (χ1) is 8.66. The van der Waals surface area contributed by atoms with Crippen LogP contribution in [0.25, 0.3) is 0 Å². The van der Waals surface area contributed by atoms with E-state index in [1.165, 1.54) is 17.5 Å². The fraction of sp³-hybridized carbons (Fsp3) is 0.600. The summed E-state index contributed by atoms with van der Waals surface area (Å²) < 4.78 is 5.58. The summed E-state index contributed by atoms with van der Waals surface area (Å²) in [6.07, 6.45) is 2.30. The molecular formula is C15H24N2O. The molecule has 0 radical (unpaired) electrons. The second kappa shape index (κ2) is 6.21. The average Bonchev–Trinajstić information content (AvgIpc) is 2.70. The highest BCUT2D eigenvalue weighted by Crippen LogP contribution is 2.31. The van der Waals surface area contributed by atoms with Crippen LogP contribution < -0.4 is 11.1 Å². The van der Waals surface area contributed by atoms with Gasteiger partial charge in [0.05, 0.1) is 6.61 Å². The zero-order chi connectivity index (χ0) is 13.0. The largest absolute Gasteiger partial charge is 0.399 e. The van der Waals surface area contributed by atoms with E-state index in [1.807, 2.05) is 6.07 Å². The number of nitrogens with two attached hydrogens (primary N) is 1. The molecule has 0 bridgehead atoms. The van der Waals surface area contributed by atoms with Crippen LogP contribution in [0.5, 0.6) is 0 Å². The summed E-state index contributed by atoms with van der Waals surface area (Å²) in [6, 6.07) is 6.73. The molecule has 0 aromatic heterocycles. The van der Waals surface area contributed by atoms with Crippen LogP contribution in [-0.2, 0) is 11.2 Å². The summed E-state index contributed by atoms with van der Waals surface area (Å²) in [5.74, 6) is 0.611. The molecule has 0 saturated heterocycles. The molecule has 1 aromatic rings. The maximum absolute atomic E-state index is 5.80. The van der Waals surface area contributed by atoms with E-state index in [0.29, 0.717) is 12.0 Å². The van der Waals surface area contributed by atoms with Gasteiger partial charge in [0.1, 0.15) is 0 Å². The van der Waals surface area contributed by atoms with Gasteiger partial charge in [-0.25, -0.2) is 0 Å². The van der Waals surface area contributed by atoms with E-state index in [9.17, 15) is 0 Å². The van der Waals surface area contributed by atoms with Gasteiger partial charge in [-0.1, -0.05) is 19.9 Å². The lowest BCUT2D eigenvalue weighted by Gasteiger charge is -2.14. The Hall–Kier alpha value is -1.06. The molecule has 3 nitrogen and oxygen atoms in total. The first kappa shape index (κ1) is 13.4. The van der Waals surface area contributed by atoms with Crippen LogP contribution in [-0.4, -0.2) is 19.8 Å². The van der Waals surface area contributed by atoms with Gasteiger partial charge in [-0.05, 0) is 42.0 Å². The molecule has 0 fully saturated rings. The van der Waals surface area contributed by atoms with Crippen LogP contribution in [0.4, 0.5) is 5.69 Å². The molecule has 2 rings (SSSR count). The minimum Gasteiger partial charge on any atom is -0.399 e. The van der Waals surface area contributed by atoms with Crippen molar-refractivity contribution in [1.29, 1.82) is 0 Å². The number of fused-ring (bicyclic) bond motifs is 1. The normalized spacial score (nSPS) is 18.3. The predicted molar refractivity (Wildman–Crippen MR) is 75.6 cm³/mol. The third-order valence-corrected chi connectivity index (χ3v) is 3.33. The van der Waals surface area contributed by atoms with Crippen molar-refractivity contribution in [2.45, 2.75) is 32.7 Å². The third kappa shape index (κ3) is 3.47. The van der Waals surface area contributed by atoms with E-state index in [4.69, 9.17) is 10.5 Å². The maximum atomic E-state index is 5.80. The first-order valence-corrected chi connectivity index (χ1v) is 6.86. The molecule has 18 heavy (non-hydrogen) atoms. The number of rotatable bonds is 6. The summed E-state index contributed by atoms with van der Waals surface area (Å²) >= 11 is 0. The fourth-order valence-electron chi connectivity index (χ4n) is 2.47. The summed E-state index contributed by atoms with van der Waals surface area (Å²) in [5.41, 5.74) is 9.48. The quantitative estimate of drug-likeness (QED) is 0.600. The first-order valence-electron chi connectivity index (χ1n) is 6.86. The van der Waals surface area contributed by atoms with Gasteiger partial charge >= 0.3 is 0 Å². The van der Waals surface area contributed by atoms with Crippen molar-refractivity contribution in [3.8, 4) is 0 Å². The Morgan fingerprint density at radius 1 is 1.44 bits per heavy atom. The fourth-order valence-corrected chi connectivity index (χ4v) is 2.47. The number of hydrogen-bond acceptors (Lipinski definition) is 3. The summed E-state index contributed by atoms with van der Waals surface area (Å²) in [4.78, 5) is 0. The molecule has 0 aliphatic heterocycles. The number of ether oxygens (including phenoxy) is 1. The lowest BCUT2D eigenvalue weighted by molar-refractivity contribution is 0.110. The second-order valence-corrected chi connectivity index (χ2v) is 5.47. The number of nitrogen functional groups attached to an aromatic ring is 1. The van der Waals surface area contributed by atoms with E-state index < -0.39 is 0 Å². The van der Waals surface area contributed by atoms with Gasteiger partial charge in [0.2, 0.25) is 0 Å². The summed E-state index contributed by atoms with van der Waals surface area (Å²) in [5, 5.41) is 3.57. The van der Waals surface area contributed by atoms with E-state index in [1.54, 1.807) is 0 Å². The van der Waals surface area contributed by atoms with Gasteiger partial charge in [0.25, 0.3) is 0 Å². The number of aryl methyl sites for hydroxylation is 1. The zero-order valence-electron chi connectivity index (χ0n) is 11.4. The van der Waals surface area contributed by atoms with Crippen molar-refractivity contribution in [1.82, 2.24) is 5.32 Å². The Morgan fingerprint density at radius 3 is 3.06 bits per heavy atom. The molecule has 1 aliphatic rings. The van der Waals surface area contributed by atoms with Crippen molar-refractivity contribution < 1.29 is 4.74 Å². The molecule has 1 aromatic carbocycles. The third-order valence-electron chi connectivity index (χ3n) is 3.33. The van der Waals surface area contributed by atoms with Crippen molar-refractivity contribution >= 4 is 5.69 Å². The van der Waals surface area contributed by atoms with Gasteiger partial charge in [-0.3, -0.25) is 0 Å². The van der Waals surface area contributed by atoms with E-state index in [0.717, 1.165) is 31.9 Å². The molecule has 1 unspecified atom stereocenters. The molecule has 3 heteroatoms. The molecule has 0 amide bonds. The van der Waals surface area contributed by atoms with E-state index in [2.05, 4.69) is 31.3 Å². The molecule has 1 aliphatic carbocycles. The van der Waals surface area contributed by atoms with Crippen molar-refractivity contribution in [3.05, 3.63) is 29.3 Å². The molecular weight excluding hydrogens is 224 g/mol. The molecule has 100 valence electrons. The van der Waals surface area contributed by atoms with Crippen molar-refractivity contribution in [2.75, 3.05) is 25.5 Å². The Kier molecular flexibility index (Phi) is 4.61. The molecule has 3 N–H and O–H groups in total. The zero-order valence-corrected chi connectivity index (χ0v) is 11.4. The van der Waals surface area contributed by atoms with Crippen LogP contribution >= 0.6 is 0 Å². The SMILES string of the molecule is CC(C)COCCNC1CCc2cc(N)ccc21. The van der Waals surface area contributed by atoms with Gasteiger partial charge < -0.3 is 15.8 Å².